The smallest absolute Gasteiger partial charge is 0.211 e. The zero-order chi connectivity index (χ0) is 8.43. The predicted molar refractivity (Wildman–Crippen MR) is 40.0 cm³/mol. The molecule has 0 radical (unpaired) electrons. The molecule has 0 N–H and O–H groups in total. The summed E-state index contributed by atoms with van der Waals surface area (Å²) in [7, 11) is 0. The fourth-order valence-electron chi connectivity index (χ4n) is 0.738. The molecule has 58 valence electrons. The van der Waals surface area contributed by atoms with Crippen molar-refractivity contribution in [1.82, 2.24) is 4.98 Å². The Hall–Kier alpha value is -1.30. The van der Waals surface area contributed by atoms with Gasteiger partial charge in [-0.2, -0.15) is 5.26 Å². The van der Waals surface area contributed by atoms with Crippen LogP contribution in [0.4, 0.5) is 0 Å². The Morgan fingerprint density at radius 2 is 2.18 bits per heavy atom. The minimum atomic E-state index is -0.248. The van der Waals surface area contributed by atoms with Crippen LogP contribution < -0.4 is 0 Å². The number of nitrogens with zero attached hydrogens (tertiary/aromatic N) is 2. The van der Waals surface area contributed by atoms with Gasteiger partial charge in [0.1, 0.15) is 11.7 Å². The summed E-state index contributed by atoms with van der Waals surface area (Å²) in [4.78, 5) is 4.09. The van der Waals surface area contributed by atoms with Crippen molar-refractivity contribution in [3.63, 3.8) is 0 Å². The highest BCUT2D eigenvalue weighted by Crippen LogP contribution is 2.16. The number of nitriles is 1. The number of oxazole rings is 1. The van der Waals surface area contributed by atoms with E-state index in [-0.39, 0.29) is 5.92 Å². The molecule has 0 aliphatic carbocycles. The zero-order valence-electron chi connectivity index (χ0n) is 6.88. The maximum Gasteiger partial charge on any atom is 0.211 e. The van der Waals surface area contributed by atoms with E-state index in [0.29, 0.717) is 5.89 Å². The van der Waals surface area contributed by atoms with Gasteiger partial charge in [-0.1, -0.05) is 0 Å². The molecule has 0 amide bonds. The lowest BCUT2D eigenvalue weighted by Gasteiger charge is -1.91. The molecule has 3 nitrogen and oxygen atoms in total. The molecule has 1 rings (SSSR count). The van der Waals surface area contributed by atoms with Crippen LogP contribution in [0.1, 0.15) is 30.2 Å². The molecule has 1 aromatic heterocycles. The van der Waals surface area contributed by atoms with Crippen molar-refractivity contribution >= 4 is 0 Å². The molecule has 1 heterocycles. The highest BCUT2D eigenvalue weighted by molar-refractivity contribution is 5.11. The average molecular weight is 150 g/mol. The predicted octanol–water partition coefficient (Wildman–Crippen LogP) is 1.92. The van der Waals surface area contributed by atoms with E-state index in [0.717, 1.165) is 11.5 Å². The fourth-order valence-corrected chi connectivity index (χ4v) is 0.738. The first-order valence-electron chi connectivity index (χ1n) is 3.48. The highest BCUT2D eigenvalue weighted by atomic mass is 16.4. The standard InChI is InChI=1S/C8H10N2O/c1-5(4-9)8-10-6(2)7(3)11-8/h5H,1-3H3. The van der Waals surface area contributed by atoms with Gasteiger partial charge in [-0.25, -0.2) is 4.98 Å². The lowest BCUT2D eigenvalue weighted by molar-refractivity contribution is 0.463. The van der Waals surface area contributed by atoms with Gasteiger partial charge in [-0.3, -0.25) is 0 Å². The van der Waals surface area contributed by atoms with Crippen molar-refractivity contribution in [1.29, 1.82) is 5.26 Å². The van der Waals surface area contributed by atoms with E-state index in [9.17, 15) is 0 Å². The molecule has 1 atom stereocenters. The Labute approximate surface area is 65.7 Å². The molecule has 0 aromatic carbocycles. The first-order valence-corrected chi connectivity index (χ1v) is 3.48. The molecule has 0 saturated carbocycles. The number of aromatic nitrogens is 1. The Kier molecular flexibility index (Phi) is 1.95. The maximum absolute atomic E-state index is 8.54. The van der Waals surface area contributed by atoms with Gasteiger partial charge in [0.2, 0.25) is 5.89 Å². The summed E-state index contributed by atoms with van der Waals surface area (Å²) in [5.41, 5.74) is 0.863. The molecule has 0 aliphatic heterocycles. The lowest BCUT2D eigenvalue weighted by atomic mass is 10.2. The van der Waals surface area contributed by atoms with Gasteiger partial charge in [0.25, 0.3) is 0 Å². The van der Waals surface area contributed by atoms with Crippen LogP contribution in [0.2, 0.25) is 0 Å². The third-order valence-corrected chi connectivity index (χ3v) is 1.61. The largest absolute Gasteiger partial charge is 0.444 e. The van der Waals surface area contributed by atoms with Gasteiger partial charge in [0.15, 0.2) is 0 Å². The number of hydrogen-bond donors (Lipinski definition) is 0. The molecular weight excluding hydrogens is 140 g/mol. The van der Waals surface area contributed by atoms with E-state index in [1.165, 1.54) is 0 Å². The van der Waals surface area contributed by atoms with Gasteiger partial charge in [-0.05, 0) is 20.8 Å². The summed E-state index contributed by atoms with van der Waals surface area (Å²) >= 11 is 0. The molecule has 11 heavy (non-hydrogen) atoms. The zero-order valence-corrected chi connectivity index (χ0v) is 6.88. The summed E-state index contributed by atoms with van der Waals surface area (Å²) < 4.78 is 5.23. The molecule has 0 fully saturated rings. The average Bonchev–Trinajstić information content (AvgIpc) is 2.31. The van der Waals surface area contributed by atoms with Crippen molar-refractivity contribution < 1.29 is 4.42 Å². The molecule has 0 spiro atoms. The van der Waals surface area contributed by atoms with Crippen LogP contribution in [0, 0.1) is 25.2 Å². The molecule has 1 unspecified atom stereocenters. The van der Waals surface area contributed by atoms with Gasteiger partial charge in [-0.15, -0.1) is 0 Å². The van der Waals surface area contributed by atoms with E-state index in [2.05, 4.69) is 11.1 Å². The molecular formula is C8H10N2O. The summed E-state index contributed by atoms with van der Waals surface area (Å²) in [5.74, 6) is 1.06. The third-order valence-electron chi connectivity index (χ3n) is 1.61. The van der Waals surface area contributed by atoms with Crippen LogP contribution in [0.5, 0.6) is 0 Å². The quantitative estimate of drug-likeness (QED) is 0.614. The normalized spacial score (nSPS) is 12.5. The summed E-state index contributed by atoms with van der Waals surface area (Å²) in [6.45, 7) is 5.48. The Bertz CT molecular complexity index is 276. The van der Waals surface area contributed by atoms with E-state index in [4.69, 9.17) is 9.68 Å². The molecule has 1 aromatic rings. The van der Waals surface area contributed by atoms with E-state index >= 15 is 0 Å². The Morgan fingerprint density at radius 3 is 2.55 bits per heavy atom. The second-order valence-electron chi connectivity index (χ2n) is 2.54. The molecule has 3 heteroatoms. The van der Waals surface area contributed by atoms with Gasteiger partial charge >= 0.3 is 0 Å². The second-order valence-corrected chi connectivity index (χ2v) is 2.54. The number of aryl methyl sites for hydroxylation is 2. The third kappa shape index (κ3) is 1.40. The summed E-state index contributed by atoms with van der Waals surface area (Å²) in [5, 5.41) is 8.54. The van der Waals surface area contributed by atoms with E-state index in [1.54, 1.807) is 6.92 Å². The lowest BCUT2D eigenvalue weighted by Crippen LogP contribution is -1.88. The minimum absolute atomic E-state index is 0.248. The van der Waals surface area contributed by atoms with E-state index < -0.39 is 0 Å². The van der Waals surface area contributed by atoms with Crippen molar-refractivity contribution in [2.45, 2.75) is 26.7 Å². The SMILES string of the molecule is Cc1nc(C(C)C#N)oc1C. The fraction of sp³-hybridized carbons (Fsp3) is 0.500. The number of hydrogen-bond acceptors (Lipinski definition) is 3. The van der Waals surface area contributed by atoms with Crippen LogP contribution in [0.15, 0.2) is 4.42 Å². The first kappa shape index (κ1) is 7.80. The highest BCUT2D eigenvalue weighted by Gasteiger charge is 2.11. The van der Waals surface area contributed by atoms with Crippen molar-refractivity contribution in [2.24, 2.45) is 0 Å². The Balaban J connectivity index is 2.99. The monoisotopic (exact) mass is 150 g/mol. The van der Waals surface area contributed by atoms with Gasteiger partial charge in [0.05, 0.1) is 11.8 Å². The second kappa shape index (κ2) is 2.75. The maximum atomic E-state index is 8.54. The van der Waals surface area contributed by atoms with Crippen molar-refractivity contribution in [3.05, 3.63) is 17.3 Å². The molecule has 0 aliphatic rings. The molecule has 0 bridgehead atoms. The van der Waals surface area contributed by atoms with Crippen LogP contribution >= 0.6 is 0 Å². The van der Waals surface area contributed by atoms with Crippen molar-refractivity contribution in [3.8, 4) is 6.07 Å². The van der Waals surface area contributed by atoms with Crippen LogP contribution in [0.3, 0.4) is 0 Å². The van der Waals surface area contributed by atoms with Crippen LogP contribution in [-0.2, 0) is 0 Å². The van der Waals surface area contributed by atoms with Gasteiger partial charge in [0, 0.05) is 0 Å². The molecule has 0 saturated heterocycles. The summed E-state index contributed by atoms with van der Waals surface area (Å²) in [6.07, 6.45) is 0. The topological polar surface area (TPSA) is 49.8 Å². The van der Waals surface area contributed by atoms with E-state index in [1.807, 2.05) is 13.8 Å². The van der Waals surface area contributed by atoms with Crippen LogP contribution in [-0.4, -0.2) is 4.98 Å². The number of rotatable bonds is 1. The van der Waals surface area contributed by atoms with Gasteiger partial charge < -0.3 is 4.42 Å². The van der Waals surface area contributed by atoms with Crippen molar-refractivity contribution in [2.75, 3.05) is 0 Å². The minimum Gasteiger partial charge on any atom is -0.444 e. The van der Waals surface area contributed by atoms with Crippen LogP contribution in [0.25, 0.3) is 0 Å². The Morgan fingerprint density at radius 1 is 1.55 bits per heavy atom. The summed E-state index contributed by atoms with van der Waals surface area (Å²) in [6, 6.07) is 2.07. The first-order chi connectivity index (χ1) is 5.15.